The van der Waals surface area contributed by atoms with Crippen LogP contribution in [0.25, 0.3) is 0 Å². The molecule has 0 aliphatic rings. The van der Waals surface area contributed by atoms with Crippen molar-refractivity contribution in [2.75, 3.05) is 26.4 Å². The van der Waals surface area contributed by atoms with Gasteiger partial charge in [-0.3, -0.25) is 9.59 Å². The average Bonchev–Trinajstić information content (AvgIpc) is 2.98. The van der Waals surface area contributed by atoms with Crippen LogP contribution >= 0.6 is 0 Å². The summed E-state index contributed by atoms with van der Waals surface area (Å²) in [5, 5.41) is 8.70. The minimum atomic E-state index is -0.740. The number of ether oxygens (including phenoxy) is 3. The van der Waals surface area contributed by atoms with E-state index in [1.807, 2.05) is 0 Å². The maximum absolute atomic E-state index is 12.3. The molecule has 0 aromatic carbocycles. The standard InChI is InChI=1S/C36H70O6/c1-3-5-7-9-11-13-15-17-22-26-30-40-32-34(41-31-27-23-18-16-14-12-10-8-6-4-2)33-42-36(39)29-25-21-19-20-24-28-35(37)38/h34H,3-33H2,1-2H3,(H,37,38). The molecule has 42 heavy (non-hydrogen) atoms. The van der Waals surface area contributed by atoms with Crippen molar-refractivity contribution < 1.29 is 28.9 Å². The van der Waals surface area contributed by atoms with Gasteiger partial charge in [-0.15, -0.1) is 0 Å². The summed E-state index contributed by atoms with van der Waals surface area (Å²) in [6.45, 7) is 6.69. The minimum Gasteiger partial charge on any atom is -0.481 e. The number of hydrogen-bond donors (Lipinski definition) is 1. The van der Waals surface area contributed by atoms with Crippen LogP contribution in [0.2, 0.25) is 0 Å². The molecule has 0 radical (unpaired) electrons. The first-order valence-electron chi connectivity index (χ1n) is 18.2. The Hall–Kier alpha value is -1.14. The first-order chi connectivity index (χ1) is 20.6. The lowest BCUT2D eigenvalue weighted by Gasteiger charge is -2.18. The zero-order chi connectivity index (χ0) is 30.8. The molecule has 0 saturated carbocycles. The van der Waals surface area contributed by atoms with E-state index in [-0.39, 0.29) is 25.1 Å². The van der Waals surface area contributed by atoms with Crippen molar-refractivity contribution >= 4 is 11.9 Å². The molecule has 6 nitrogen and oxygen atoms in total. The van der Waals surface area contributed by atoms with Crippen molar-refractivity contribution in [3.63, 3.8) is 0 Å². The largest absolute Gasteiger partial charge is 0.481 e. The molecule has 1 unspecified atom stereocenters. The molecule has 0 bridgehead atoms. The van der Waals surface area contributed by atoms with Crippen LogP contribution in [0.4, 0.5) is 0 Å². The molecule has 0 spiro atoms. The maximum Gasteiger partial charge on any atom is 0.305 e. The first kappa shape index (κ1) is 40.9. The minimum absolute atomic E-state index is 0.178. The fraction of sp³-hybridized carbons (Fsp3) is 0.944. The summed E-state index contributed by atoms with van der Waals surface area (Å²) in [6.07, 6.45) is 30.7. The third kappa shape index (κ3) is 33.4. The molecule has 0 amide bonds. The Balaban J connectivity index is 4.06. The molecule has 0 heterocycles. The number of aliphatic carboxylic acids is 1. The van der Waals surface area contributed by atoms with E-state index in [1.165, 1.54) is 116 Å². The van der Waals surface area contributed by atoms with Gasteiger partial charge in [-0.05, 0) is 25.7 Å². The Morgan fingerprint density at radius 3 is 1.38 bits per heavy atom. The molecule has 6 heteroatoms. The van der Waals surface area contributed by atoms with Gasteiger partial charge in [0, 0.05) is 26.1 Å². The molecule has 0 aromatic heterocycles. The quantitative estimate of drug-likeness (QED) is 0.0577. The van der Waals surface area contributed by atoms with Gasteiger partial charge in [0.25, 0.3) is 0 Å². The van der Waals surface area contributed by atoms with Crippen LogP contribution in [0.3, 0.4) is 0 Å². The van der Waals surface area contributed by atoms with Gasteiger partial charge < -0.3 is 19.3 Å². The Bertz CT molecular complexity index is 567. The van der Waals surface area contributed by atoms with E-state index < -0.39 is 5.97 Å². The number of unbranched alkanes of at least 4 members (excludes halogenated alkanes) is 22. The Labute approximate surface area is 260 Å². The monoisotopic (exact) mass is 599 g/mol. The molecule has 250 valence electrons. The van der Waals surface area contributed by atoms with E-state index in [1.54, 1.807) is 0 Å². The molecule has 1 N–H and O–H groups in total. The SMILES string of the molecule is CCCCCCCCCCCCOCC(COC(=O)CCCCCCCC(=O)O)OCCCCCCCCCCCC. The van der Waals surface area contributed by atoms with E-state index in [9.17, 15) is 9.59 Å². The highest BCUT2D eigenvalue weighted by Crippen LogP contribution is 2.13. The van der Waals surface area contributed by atoms with Crippen LogP contribution in [-0.2, 0) is 23.8 Å². The molecule has 0 fully saturated rings. The average molecular weight is 599 g/mol. The maximum atomic E-state index is 12.3. The number of esters is 1. The van der Waals surface area contributed by atoms with Crippen molar-refractivity contribution in [3.05, 3.63) is 0 Å². The third-order valence-electron chi connectivity index (χ3n) is 8.00. The molecule has 0 rings (SSSR count). The van der Waals surface area contributed by atoms with E-state index >= 15 is 0 Å². The Morgan fingerprint density at radius 2 is 0.905 bits per heavy atom. The zero-order valence-electron chi connectivity index (χ0n) is 28.0. The molecule has 1 atom stereocenters. The summed E-state index contributed by atoms with van der Waals surface area (Å²) in [5.74, 6) is -0.918. The summed E-state index contributed by atoms with van der Waals surface area (Å²) in [4.78, 5) is 22.8. The lowest BCUT2D eigenvalue weighted by atomic mass is 10.1. The van der Waals surface area contributed by atoms with Gasteiger partial charge in [0.15, 0.2) is 0 Å². The van der Waals surface area contributed by atoms with Crippen molar-refractivity contribution in [2.24, 2.45) is 0 Å². The topological polar surface area (TPSA) is 82.1 Å². The van der Waals surface area contributed by atoms with Gasteiger partial charge in [-0.1, -0.05) is 149 Å². The molecule has 0 aromatic rings. The fourth-order valence-electron chi connectivity index (χ4n) is 5.22. The summed E-state index contributed by atoms with van der Waals surface area (Å²) < 4.78 is 17.6. The lowest BCUT2D eigenvalue weighted by molar-refractivity contribution is -0.150. The number of rotatable bonds is 35. The molecule has 0 aliphatic carbocycles. The van der Waals surface area contributed by atoms with Crippen LogP contribution in [-0.4, -0.2) is 49.6 Å². The fourth-order valence-corrected chi connectivity index (χ4v) is 5.22. The summed E-state index contributed by atoms with van der Waals surface area (Å²) >= 11 is 0. The molecular weight excluding hydrogens is 528 g/mol. The van der Waals surface area contributed by atoms with Gasteiger partial charge in [-0.2, -0.15) is 0 Å². The van der Waals surface area contributed by atoms with Crippen LogP contribution in [0.5, 0.6) is 0 Å². The first-order valence-corrected chi connectivity index (χ1v) is 18.2. The Kier molecular flexibility index (Phi) is 33.4. The van der Waals surface area contributed by atoms with E-state index in [4.69, 9.17) is 19.3 Å². The lowest BCUT2D eigenvalue weighted by Crippen LogP contribution is -2.28. The summed E-state index contributed by atoms with van der Waals surface area (Å²) in [6, 6.07) is 0. The summed E-state index contributed by atoms with van der Waals surface area (Å²) in [7, 11) is 0. The second-order valence-corrected chi connectivity index (χ2v) is 12.3. The van der Waals surface area contributed by atoms with Crippen LogP contribution in [0, 0.1) is 0 Å². The number of hydrogen-bond acceptors (Lipinski definition) is 5. The predicted octanol–water partition coefficient (Wildman–Crippen LogP) is 10.6. The van der Waals surface area contributed by atoms with Crippen molar-refractivity contribution in [2.45, 2.75) is 193 Å². The third-order valence-corrected chi connectivity index (χ3v) is 8.00. The highest BCUT2D eigenvalue weighted by atomic mass is 16.6. The highest BCUT2D eigenvalue weighted by molar-refractivity contribution is 5.69. The normalized spacial score (nSPS) is 12.0. The highest BCUT2D eigenvalue weighted by Gasteiger charge is 2.13. The van der Waals surface area contributed by atoms with Gasteiger partial charge in [0.1, 0.15) is 12.7 Å². The van der Waals surface area contributed by atoms with Crippen LogP contribution < -0.4 is 0 Å². The summed E-state index contributed by atoms with van der Waals surface area (Å²) in [5.41, 5.74) is 0. The molecule has 0 saturated heterocycles. The Morgan fingerprint density at radius 1 is 0.500 bits per heavy atom. The second-order valence-electron chi connectivity index (χ2n) is 12.3. The van der Waals surface area contributed by atoms with Crippen molar-refractivity contribution in [1.82, 2.24) is 0 Å². The molecular formula is C36H70O6. The number of carbonyl (C=O) groups is 2. The van der Waals surface area contributed by atoms with E-state index in [0.717, 1.165) is 45.1 Å². The van der Waals surface area contributed by atoms with Crippen molar-refractivity contribution in [1.29, 1.82) is 0 Å². The van der Waals surface area contributed by atoms with Gasteiger partial charge in [0.2, 0.25) is 0 Å². The van der Waals surface area contributed by atoms with Gasteiger partial charge >= 0.3 is 11.9 Å². The second kappa shape index (κ2) is 34.4. The number of carboxylic acids is 1. The van der Waals surface area contributed by atoms with E-state index in [0.29, 0.717) is 26.1 Å². The number of carbonyl (C=O) groups excluding carboxylic acids is 1. The van der Waals surface area contributed by atoms with Gasteiger partial charge in [0.05, 0.1) is 6.61 Å². The van der Waals surface area contributed by atoms with Crippen LogP contribution in [0.1, 0.15) is 187 Å². The number of carboxylic acid groups (broad SMARTS) is 1. The zero-order valence-corrected chi connectivity index (χ0v) is 28.0. The van der Waals surface area contributed by atoms with E-state index in [2.05, 4.69) is 13.8 Å². The molecule has 0 aliphatic heterocycles. The van der Waals surface area contributed by atoms with Gasteiger partial charge in [-0.25, -0.2) is 0 Å². The van der Waals surface area contributed by atoms with Crippen LogP contribution in [0.15, 0.2) is 0 Å². The van der Waals surface area contributed by atoms with Crippen molar-refractivity contribution in [3.8, 4) is 0 Å². The smallest absolute Gasteiger partial charge is 0.305 e. The predicted molar refractivity (Wildman–Crippen MR) is 175 cm³/mol.